The maximum atomic E-state index is 4.44. The van der Waals surface area contributed by atoms with Gasteiger partial charge in [0.05, 0.1) is 5.69 Å². The topological polar surface area (TPSA) is 41.9 Å². The molecule has 0 aromatic carbocycles. The van der Waals surface area contributed by atoms with Crippen molar-refractivity contribution < 1.29 is 0 Å². The van der Waals surface area contributed by atoms with E-state index < -0.39 is 0 Å². The number of likely N-dealkylation sites (N-methyl/N-ethyl adjacent to an activating group) is 1. The summed E-state index contributed by atoms with van der Waals surface area (Å²) in [6.07, 6.45) is 2.30. The molecule has 0 bridgehead atoms. The summed E-state index contributed by atoms with van der Waals surface area (Å²) in [6, 6.07) is 0. The maximum absolute atomic E-state index is 4.44. The largest absolute Gasteiger partial charge is 0.316 e. The summed E-state index contributed by atoms with van der Waals surface area (Å²) >= 11 is 0. The van der Waals surface area contributed by atoms with E-state index in [4.69, 9.17) is 0 Å². The van der Waals surface area contributed by atoms with Crippen molar-refractivity contribution in [1.82, 2.24) is 20.4 Å². The number of aryl methyl sites for hydroxylation is 2. The third-order valence-electron chi connectivity index (χ3n) is 3.17. The minimum atomic E-state index is 1.05. The quantitative estimate of drug-likeness (QED) is 0.668. The van der Waals surface area contributed by atoms with Crippen LogP contribution in [-0.2, 0) is 13.5 Å². The summed E-state index contributed by atoms with van der Waals surface area (Å²) < 4.78 is 1.98. The van der Waals surface area contributed by atoms with Crippen molar-refractivity contribution in [2.24, 2.45) is 7.05 Å². The van der Waals surface area contributed by atoms with Crippen molar-refractivity contribution in [3.05, 3.63) is 17.0 Å². The Bertz CT molecular complexity index is 330. The minimum absolute atomic E-state index is 1.05. The van der Waals surface area contributed by atoms with Crippen molar-refractivity contribution in [3.63, 3.8) is 0 Å². The summed E-state index contributed by atoms with van der Waals surface area (Å²) in [5, 5.41) is 11.2. The van der Waals surface area contributed by atoms with E-state index >= 15 is 0 Å². The minimum Gasteiger partial charge on any atom is -0.316 e. The Labute approximate surface area is 105 Å². The molecule has 2 N–H and O–H groups in total. The molecule has 0 fully saturated rings. The Morgan fingerprint density at radius 1 is 1.12 bits per heavy atom. The normalized spacial score (nSPS) is 11.1. The monoisotopic (exact) mass is 238 g/mol. The Morgan fingerprint density at radius 3 is 2.41 bits per heavy atom. The number of hydrogen-bond donors (Lipinski definition) is 2. The van der Waals surface area contributed by atoms with E-state index in [9.17, 15) is 0 Å². The second kappa shape index (κ2) is 7.45. The molecule has 1 heterocycles. The van der Waals surface area contributed by atoms with E-state index in [-0.39, 0.29) is 0 Å². The second-order valence-corrected chi connectivity index (χ2v) is 4.48. The molecule has 0 aliphatic heterocycles. The number of nitrogens with zero attached hydrogens (tertiary/aromatic N) is 2. The fraction of sp³-hybridized carbons (Fsp3) is 0.769. The van der Waals surface area contributed by atoms with E-state index in [0.29, 0.717) is 0 Å². The summed E-state index contributed by atoms with van der Waals surface area (Å²) in [5.41, 5.74) is 3.90. The molecular weight excluding hydrogens is 212 g/mol. The maximum Gasteiger partial charge on any atom is 0.0628 e. The van der Waals surface area contributed by atoms with Crippen molar-refractivity contribution in [2.45, 2.75) is 33.6 Å². The molecule has 0 atom stereocenters. The average molecular weight is 238 g/mol. The van der Waals surface area contributed by atoms with Gasteiger partial charge in [0.1, 0.15) is 0 Å². The van der Waals surface area contributed by atoms with Gasteiger partial charge in [0.25, 0.3) is 0 Å². The van der Waals surface area contributed by atoms with Gasteiger partial charge in [-0.3, -0.25) is 4.68 Å². The highest BCUT2D eigenvalue weighted by Crippen LogP contribution is 2.13. The van der Waals surface area contributed by atoms with Crippen LogP contribution in [0.3, 0.4) is 0 Å². The van der Waals surface area contributed by atoms with Gasteiger partial charge in [-0.15, -0.1) is 0 Å². The van der Waals surface area contributed by atoms with Crippen LogP contribution in [0.25, 0.3) is 0 Å². The first-order valence-electron chi connectivity index (χ1n) is 6.57. The van der Waals surface area contributed by atoms with Crippen molar-refractivity contribution in [2.75, 3.05) is 26.2 Å². The number of nitrogens with one attached hydrogen (secondary N) is 2. The predicted octanol–water partition coefficient (Wildman–Crippen LogP) is 1.17. The third-order valence-corrected chi connectivity index (χ3v) is 3.17. The predicted molar refractivity (Wildman–Crippen MR) is 72.4 cm³/mol. The molecule has 1 aromatic rings. The van der Waals surface area contributed by atoms with E-state index in [2.05, 4.69) is 36.5 Å². The van der Waals surface area contributed by atoms with Gasteiger partial charge in [0.15, 0.2) is 0 Å². The van der Waals surface area contributed by atoms with Gasteiger partial charge in [0, 0.05) is 25.8 Å². The summed E-state index contributed by atoms with van der Waals surface area (Å²) in [6.45, 7) is 10.6. The molecular formula is C13H26N4. The zero-order valence-corrected chi connectivity index (χ0v) is 11.6. The lowest BCUT2D eigenvalue weighted by Crippen LogP contribution is -2.27. The Balaban J connectivity index is 2.18. The lowest BCUT2D eigenvalue weighted by Gasteiger charge is -2.05. The first-order chi connectivity index (χ1) is 8.16. The Hall–Kier alpha value is -0.870. The SMILES string of the molecule is CCNCCNCCCc1c(C)nn(C)c1C. The highest BCUT2D eigenvalue weighted by Gasteiger charge is 2.07. The molecule has 17 heavy (non-hydrogen) atoms. The van der Waals surface area contributed by atoms with Crippen molar-refractivity contribution in [3.8, 4) is 0 Å². The molecule has 1 rings (SSSR count). The van der Waals surface area contributed by atoms with Gasteiger partial charge in [-0.2, -0.15) is 5.10 Å². The molecule has 0 aliphatic carbocycles. The number of rotatable bonds is 8. The lowest BCUT2D eigenvalue weighted by molar-refractivity contribution is 0.606. The van der Waals surface area contributed by atoms with Gasteiger partial charge >= 0.3 is 0 Å². The summed E-state index contributed by atoms with van der Waals surface area (Å²) in [4.78, 5) is 0. The van der Waals surface area contributed by atoms with Crippen LogP contribution in [0.4, 0.5) is 0 Å². The lowest BCUT2D eigenvalue weighted by atomic mass is 10.1. The van der Waals surface area contributed by atoms with Crippen LogP contribution in [0.15, 0.2) is 0 Å². The van der Waals surface area contributed by atoms with E-state index in [0.717, 1.165) is 32.6 Å². The smallest absolute Gasteiger partial charge is 0.0628 e. The fourth-order valence-corrected chi connectivity index (χ4v) is 2.05. The Morgan fingerprint density at radius 2 is 1.82 bits per heavy atom. The van der Waals surface area contributed by atoms with Crippen LogP contribution in [-0.4, -0.2) is 36.0 Å². The zero-order valence-electron chi connectivity index (χ0n) is 11.6. The van der Waals surface area contributed by atoms with Crippen LogP contribution in [0.5, 0.6) is 0 Å². The van der Waals surface area contributed by atoms with E-state index in [1.807, 2.05) is 11.7 Å². The van der Waals surface area contributed by atoms with Gasteiger partial charge in [0.2, 0.25) is 0 Å². The van der Waals surface area contributed by atoms with Gasteiger partial charge < -0.3 is 10.6 Å². The highest BCUT2D eigenvalue weighted by atomic mass is 15.3. The molecule has 0 amide bonds. The summed E-state index contributed by atoms with van der Waals surface area (Å²) in [7, 11) is 2.01. The Kier molecular flexibility index (Phi) is 6.22. The molecule has 4 nitrogen and oxygen atoms in total. The van der Waals surface area contributed by atoms with Gasteiger partial charge in [-0.1, -0.05) is 6.92 Å². The fourth-order valence-electron chi connectivity index (χ4n) is 2.05. The van der Waals surface area contributed by atoms with Crippen LogP contribution in [0, 0.1) is 13.8 Å². The standard InChI is InChI=1S/C13H26N4/c1-5-14-9-10-15-8-6-7-13-11(2)16-17(4)12(13)3/h14-15H,5-10H2,1-4H3. The molecule has 0 aliphatic rings. The van der Waals surface area contributed by atoms with E-state index in [1.165, 1.54) is 23.4 Å². The van der Waals surface area contributed by atoms with Crippen LogP contribution in [0.2, 0.25) is 0 Å². The molecule has 1 aromatic heterocycles. The molecule has 98 valence electrons. The molecule has 0 saturated carbocycles. The molecule has 4 heteroatoms. The van der Waals surface area contributed by atoms with Gasteiger partial charge in [-0.05, 0) is 45.3 Å². The number of hydrogen-bond acceptors (Lipinski definition) is 3. The first-order valence-corrected chi connectivity index (χ1v) is 6.57. The summed E-state index contributed by atoms with van der Waals surface area (Å²) in [5.74, 6) is 0. The average Bonchev–Trinajstić information content (AvgIpc) is 2.54. The van der Waals surface area contributed by atoms with Crippen LogP contribution >= 0.6 is 0 Å². The zero-order chi connectivity index (χ0) is 12.7. The van der Waals surface area contributed by atoms with Crippen molar-refractivity contribution in [1.29, 1.82) is 0 Å². The first kappa shape index (κ1) is 14.2. The number of aromatic nitrogens is 2. The van der Waals surface area contributed by atoms with Crippen LogP contribution < -0.4 is 10.6 Å². The molecule has 0 saturated heterocycles. The third kappa shape index (κ3) is 4.48. The second-order valence-electron chi connectivity index (χ2n) is 4.48. The molecule has 0 spiro atoms. The van der Waals surface area contributed by atoms with E-state index in [1.54, 1.807) is 0 Å². The van der Waals surface area contributed by atoms with Gasteiger partial charge in [-0.25, -0.2) is 0 Å². The highest BCUT2D eigenvalue weighted by molar-refractivity contribution is 5.24. The molecule has 0 radical (unpaired) electrons. The van der Waals surface area contributed by atoms with Crippen LogP contribution in [0.1, 0.15) is 30.3 Å². The van der Waals surface area contributed by atoms with Crippen molar-refractivity contribution >= 4 is 0 Å². The molecule has 0 unspecified atom stereocenters.